The Hall–Kier alpha value is -3.19. The molecule has 0 saturated heterocycles. The van der Waals surface area contributed by atoms with Gasteiger partial charge < -0.3 is 10.1 Å². The van der Waals surface area contributed by atoms with Crippen LogP contribution in [-0.2, 0) is 20.9 Å². The first-order chi connectivity index (χ1) is 13.7. The molecule has 0 spiro atoms. The number of fused-ring (bicyclic) bond motifs is 3. The minimum absolute atomic E-state index is 0.0719. The van der Waals surface area contributed by atoms with Crippen molar-refractivity contribution in [3.8, 4) is 0 Å². The first-order valence-electron chi connectivity index (χ1n) is 9.27. The van der Waals surface area contributed by atoms with Crippen molar-refractivity contribution in [2.45, 2.75) is 19.0 Å². The van der Waals surface area contributed by atoms with Crippen molar-refractivity contribution in [3.63, 3.8) is 0 Å². The number of nitrogens with one attached hydrogen (secondary N) is 1. The molecule has 0 bridgehead atoms. The lowest BCUT2D eigenvalue weighted by molar-refractivity contribution is -0.127. The number of imidazole rings is 1. The van der Waals surface area contributed by atoms with E-state index >= 15 is 0 Å². The van der Waals surface area contributed by atoms with Gasteiger partial charge >= 0.3 is 0 Å². The van der Waals surface area contributed by atoms with Gasteiger partial charge in [0.05, 0.1) is 30.6 Å². The van der Waals surface area contributed by atoms with Crippen LogP contribution >= 0.6 is 0 Å². The highest BCUT2D eigenvalue weighted by Gasteiger charge is 2.40. The third-order valence-corrected chi connectivity index (χ3v) is 4.91. The monoisotopic (exact) mass is 378 g/mol. The first-order valence-corrected chi connectivity index (χ1v) is 9.27. The molecule has 0 aliphatic carbocycles. The molecule has 1 aromatic heterocycles. The van der Waals surface area contributed by atoms with Crippen molar-refractivity contribution in [2.24, 2.45) is 0 Å². The highest BCUT2D eigenvalue weighted by atomic mass is 16.5. The average Bonchev–Trinajstić information content (AvgIpc) is 3.21. The van der Waals surface area contributed by atoms with Gasteiger partial charge in [0.25, 0.3) is 5.91 Å². The van der Waals surface area contributed by atoms with Crippen LogP contribution in [0.1, 0.15) is 18.0 Å². The van der Waals surface area contributed by atoms with Crippen molar-refractivity contribution < 1.29 is 14.3 Å². The number of nitrogens with zero attached hydrogens (tertiary/aromatic N) is 3. The molecule has 0 radical (unpaired) electrons. The lowest BCUT2D eigenvalue weighted by Crippen LogP contribution is -2.34. The molecule has 144 valence electrons. The van der Waals surface area contributed by atoms with Crippen molar-refractivity contribution in [1.82, 2.24) is 14.9 Å². The number of hydrogen-bond acceptors (Lipinski definition) is 4. The Labute approximate surface area is 162 Å². The lowest BCUT2D eigenvalue weighted by Gasteiger charge is -2.15. The molecular formula is C21H22N4O3. The summed E-state index contributed by atoms with van der Waals surface area (Å²) in [4.78, 5) is 31.8. The Morgan fingerprint density at radius 2 is 1.89 bits per heavy atom. The minimum Gasteiger partial charge on any atom is -0.383 e. The molecular weight excluding hydrogens is 356 g/mol. The molecule has 2 heterocycles. The fourth-order valence-corrected chi connectivity index (χ4v) is 3.53. The molecule has 2 aromatic carbocycles. The molecule has 0 saturated carbocycles. The predicted octanol–water partition coefficient (Wildman–Crippen LogP) is 2.28. The molecule has 1 aliphatic heterocycles. The SMILES string of the molecule is COCCN1C(=O)[C@H](CC(=O)NCc2ccccc2)n2c1nc1ccccc12. The highest BCUT2D eigenvalue weighted by molar-refractivity contribution is 6.03. The van der Waals surface area contributed by atoms with Crippen LogP contribution in [0.5, 0.6) is 0 Å². The molecule has 4 rings (SSSR count). The number of carbonyl (C=O) groups excluding carboxylic acids is 2. The minimum atomic E-state index is -0.602. The third kappa shape index (κ3) is 3.36. The summed E-state index contributed by atoms with van der Waals surface area (Å²) >= 11 is 0. The Balaban J connectivity index is 1.56. The van der Waals surface area contributed by atoms with Crippen LogP contribution in [0.25, 0.3) is 11.0 Å². The fourth-order valence-electron chi connectivity index (χ4n) is 3.53. The number of para-hydroxylation sites is 2. The quantitative estimate of drug-likeness (QED) is 0.684. The third-order valence-electron chi connectivity index (χ3n) is 4.91. The van der Waals surface area contributed by atoms with Gasteiger partial charge in [-0.05, 0) is 17.7 Å². The van der Waals surface area contributed by atoms with E-state index in [1.54, 1.807) is 12.0 Å². The Kier molecular flexibility index (Phi) is 5.08. The molecule has 7 heteroatoms. The molecule has 3 aromatic rings. The number of methoxy groups -OCH3 is 1. The van der Waals surface area contributed by atoms with Crippen molar-refractivity contribution >= 4 is 28.8 Å². The van der Waals surface area contributed by atoms with Crippen LogP contribution in [0.4, 0.5) is 5.95 Å². The van der Waals surface area contributed by atoms with Crippen LogP contribution < -0.4 is 10.2 Å². The zero-order valence-corrected chi connectivity index (χ0v) is 15.7. The van der Waals surface area contributed by atoms with E-state index in [0.29, 0.717) is 25.6 Å². The first kappa shape index (κ1) is 18.2. The fraction of sp³-hybridized carbons (Fsp3) is 0.286. The number of hydrogen-bond donors (Lipinski definition) is 1. The number of carbonyl (C=O) groups is 2. The van der Waals surface area contributed by atoms with Crippen LogP contribution in [0, 0.1) is 0 Å². The van der Waals surface area contributed by atoms with E-state index in [0.717, 1.165) is 16.6 Å². The average molecular weight is 378 g/mol. The van der Waals surface area contributed by atoms with Gasteiger partial charge in [0.15, 0.2) is 0 Å². The molecule has 28 heavy (non-hydrogen) atoms. The summed E-state index contributed by atoms with van der Waals surface area (Å²) in [7, 11) is 1.60. The van der Waals surface area contributed by atoms with E-state index in [1.165, 1.54) is 0 Å². The van der Waals surface area contributed by atoms with Gasteiger partial charge in [-0.2, -0.15) is 0 Å². The summed E-state index contributed by atoms with van der Waals surface area (Å²) in [6.07, 6.45) is 0.0719. The molecule has 2 amide bonds. The largest absolute Gasteiger partial charge is 0.383 e. The lowest BCUT2D eigenvalue weighted by atomic mass is 10.1. The van der Waals surface area contributed by atoms with Gasteiger partial charge in [-0.1, -0.05) is 42.5 Å². The second-order valence-electron chi connectivity index (χ2n) is 6.74. The normalized spacial score (nSPS) is 15.8. The van der Waals surface area contributed by atoms with Gasteiger partial charge in [0, 0.05) is 13.7 Å². The van der Waals surface area contributed by atoms with Crippen molar-refractivity contribution in [1.29, 1.82) is 0 Å². The maximum absolute atomic E-state index is 13.0. The van der Waals surface area contributed by atoms with Gasteiger partial charge in [-0.15, -0.1) is 0 Å². The van der Waals surface area contributed by atoms with Crippen LogP contribution in [-0.4, -0.2) is 41.6 Å². The molecule has 1 aliphatic rings. The number of anilines is 1. The van der Waals surface area contributed by atoms with Gasteiger partial charge in [0.1, 0.15) is 6.04 Å². The van der Waals surface area contributed by atoms with Crippen LogP contribution in [0.3, 0.4) is 0 Å². The summed E-state index contributed by atoms with van der Waals surface area (Å²) in [5.41, 5.74) is 2.68. The summed E-state index contributed by atoms with van der Waals surface area (Å²) in [6.45, 7) is 1.24. The highest BCUT2D eigenvalue weighted by Crippen LogP contribution is 2.36. The molecule has 7 nitrogen and oxygen atoms in total. The maximum Gasteiger partial charge on any atom is 0.253 e. The van der Waals surface area contributed by atoms with E-state index in [4.69, 9.17) is 4.74 Å². The number of benzene rings is 2. The van der Waals surface area contributed by atoms with Crippen molar-refractivity contribution in [2.75, 3.05) is 25.2 Å². The Morgan fingerprint density at radius 3 is 2.68 bits per heavy atom. The Bertz CT molecular complexity index is 999. The number of amides is 2. The molecule has 0 fully saturated rings. The second kappa shape index (κ2) is 7.82. The molecule has 0 unspecified atom stereocenters. The standard InChI is InChI=1S/C21H22N4O3/c1-28-12-11-24-20(27)18(13-19(26)22-14-15-7-3-2-4-8-15)25-17-10-6-5-9-16(17)23-21(24)25/h2-10,18H,11-14H2,1H3,(H,22,26)/t18-/m0/s1. The zero-order chi connectivity index (χ0) is 19.5. The van der Waals surface area contributed by atoms with Gasteiger partial charge in [-0.25, -0.2) is 4.98 Å². The molecule has 1 N–H and O–H groups in total. The molecule has 1 atom stereocenters. The second-order valence-corrected chi connectivity index (χ2v) is 6.74. The zero-order valence-electron chi connectivity index (χ0n) is 15.7. The number of aromatic nitrogens is 2. The summed E-state index contributed by atoms with van der Waals surface area (Å²) < 4.78 is 7.01. The van der Waals surface area contributed by atoms with E-state index in [1.807, 2.05) is 59.2 Å². The topological polar surface area (TPSA) is 76.5 Å². The smallest absolute Gasteiger partial charge is 0.253 e. The van der Waals surface area contributed by atoms with Gasteiger partial charge in [0.2, 0.25) is 11.9 Å². The van der Waals surface area contributed by atoms with Crippen molar-refractivity contribution in [3.05, 3.63) is 60.2 Å². The van der Waals surface area contributed by atoms with Crippen LogP contribution in [0.2, 0.25) is 0 Å². The predicted molar refractivity (Wildman–Crippen MR) is 106 cm³/mol. The van der Waals surface area contributed by atoms with E-state index in [2.05, 4.69) is 10.3 Å². The maximum atomic E-state index is 13.0. The van der Waals surface area contributed by atoms with Gasteiger partial charge in [-0.3, -0.25) is 19.1 Å². The summed E-state index contributed by atoms with van der Waals surface area (Å²) in [6, 6.07) is 16.8. The Morgan fingerprint density at radius 1 is 1.14 bits per heavy atom. The van der Waals surface area contributed by atoms with Crippen LogP contribution in [0.15, 0.2) is 54.6 Å². The van der Waals surface area contributed by atoms with E-state index < -0.39 is 6.04 Å². The summed E-state index contributed by atoms with van der Waals surface area (Å²) in [5, 5.41) is 2.91. The number of ether oxygens (including phenoxy) is 1. The summed E-state index contributed by atoms with van der Waals surface area (Å²) in [5.74, 6) is 0.281. The van der Waals surface area contributed by atoms with E-state index in [-0.39, 0.29) is 18.2 Å². The van der Waals surface area contributed by atoms with E-state index in [9.17, 15) is 9.59 Å². The number of rotatable bonds is 7.